The van der Waals surface area contributed by atoms with E-state index in [1.54, 1.807) is 37.3 Å². The quantitative estimate of drug-likeness (QED) is 0.885. The van der Waals surface area contributed by atoms with Gasteiger partial charge >= 0.3 is 0 Å². The van der Waals surface area contributed by atoms with Gasteiger partial charge in [0, 0.05) is 17.3 Å². The second-order valence-electron chi connectivity index (χ2n) is 4.27. The molecule has 0 spiro atoms. The van der Waals surface area contributed by atoms with Gasteiger partial charge in [0.2, 0.25) is 15.9 Å². The van der Waals surface area contributed by atoms with E-state index in [0.717, 1.165) is 5.56 Å². The standard InChI is InChI=1S/C14H17N3O3S/c1-3-20-14-10-9-13(15-16-14)11-5-7-12(8-6-11)17-21(18,19)4-2/h5-10,17H,3-4H2,1-2H3. The van der Waals surface area contributed by atoms with Gasteiger partial charge in [-0.05, 0) is 32.0 Å². The maximum Gasteiger partial charge on any atom is 0.233 e. The summed E-state index contributed by atoms with van der Waals surface area (Å²) in [6.45, 7) is 4.01. The Morgan fingerprint density at radius 1 is 1.05 bits per heavy atom. The van der Waals surface area contributed by atoms with Crippen LogP contribution in [0.3, 0.4) is 0 Å². The van der Waals surface area contributed by atoms with Gasteiger partial charge in [-0.25, -0.2) is 8.42 Å². The number of aromatic nitrogens is 2. The molecule has 2 rings (SSSR count). The van der Waals surface area contributed by atoms with Crippen molar-refractivity contribution in [1.82, 2.24) is 10.2 Å². The van der Waals surface area contributed by atoms with Crippen molar-refractivity contribution in [3.8, 4) is 17.1 Å². The van der Waals surface area contributed by atoms with Crippen LogP contribution in [0, 0.1) is 0 Å². The van der Waals surface area contributed by atoms with Crippen LogP contribution in [0.15, 0.2) is 36.4 Å². The Bertz CT molecular complexity index is 682. The molecule has 6 nitrogen and oxygen atoms in total. The normalized spacial score (nSPS) is 11.1. The van der Waals surface area contributed by atoms with E-state index in [1.165, 1.54) is 0 Å². The van der Waals surface area contributed by atoms with E-state index >= 15 is 0 Å². The summed E-state index contributed by atoms with van der Waals surface area (Å²) in [6, 6.07) is 10.5. The first-order valence-electron chi connectivity index (χ1n) is 6.61. The fraction of sp³-hybridized carbons (Fsp3) is 0.286. The van der Waals surface area contributed by atoms with Crippen LogP contribution < -0.4 is 9.46 Å². The minimum Gasteiger partial charge on any atom is -0.477 e. The first kappa shape index (κ1) is 15.2. The Morgan fingerprint density at radius 3 is 2.29 bits per heavy atom. The van der Waals surface area contributed by atoms with Crippen molar-refractivity contribution in [3.05, 3.63) is 36.4 Å². The van der Waals surface area contributed by atoms with E-state index in [1.807, 2.05) is 13.0 Å². The maximum atomic E-state index is 11.5. The number of hydrogen-bond acceptors (Lipinski definition) is 5. The lowest BCUT2D eigenvalue weighted by Crippen LogP contribution is -2.14. The van der Waals surface area contributed by atoms with E-state index < -0.39 is 10.0 Å². The summed E-state index contributed by atoms with van der Waals surface area (Å²) in [7, 11) is -3.26. The summed E-state index contributed by atoms with van der Waals surface area (Å²) in [5, 5.41) is 8.03. The lowest BCUT2D eigenvalue weighted by Gasteiger charge is -2.07. The van der Waals surface area contributed by atoms with Crippen LogP contribution in [-0.2, 0) is 10.0 Å². The number of rotatable bonds is 6. The molecule has 0 aliphatic carbocycles. The summed E-state index contributed by atoms with van der Waals surface area (Å²) in [4.78, 5) is 0. The van der Waals surface area contributed by atoms with Gasteiger partial charge in [0.05, 0.1) is 18.1 Å². The number of benzene rings is 1. The van der Waals surface area contributed by atoms with Gasteiger partial charge < -0.3 is 4.74 Å². The molecule has 1 heterocycles. The highest BCUT2D eigenvalue weighted by molar-refractivity contribution is 7.92. The Labute approximate surface area is 124 Å². The summed E-state index contributed by atoms with van der Waals surface area (Å²) >= 11 is 0. The van der Waals surface area contributed by atoms with Crippen LogP contribution in [0.4, 0.5) is 5.69 Å². The van der Waals surface area contributed by atoms with Gasteiger partial charge in [-0.1, -0.05) is 12.1 Å². The van der Waals surface area contributed by atoms with Crippen molar-refractivity contribution >= 4 is 15.7 Å². The van der Waals surface area contributed by atoms with Gasteiger partial charge in [-0.15, -0.1) is 10.2 Å². The molecule has 0 radical (unpaired) electrons. The molecule has 2 aromatic rings. The van der Waals surface area contributed by atoms with Gasteiger partial charge in [-0.2, -0.15) is 0 Å². The molecule has 1 N–H and O–H groups in total. The number of hydrogen-bond donors (Lipinski definition) is 1. The lowest BCUT2D eigenvalue weighted by molar-refractivity contribution is 0.323. The number of nitrogens with one attached hydrogen (secondary N) is 1. The van der Waals surface area contributed by atoms with Crippen LogP contribution in [0.5, 0.6) is 5.88 Å². The monoisotopic (exact) mass is 307 g/mol. The SMILES string of the molecule is CCOc1ccc(-c2ccc(NS(=O)(=O)CC)cc2)nn1. The van der Waals surface area contributed by atoms with Crippen molar-refractivity contribution in [1.29, 1.82) is 0 Å². The third-order valence-corrected chi connectivity index (χ3v) is 4.07. The maximum absolute atomic E-state index is 11.5. The predicted molar refractivity (Wildman–Crippen MR) is 81.7 cm³/mol. The highest BCUT2D eigenvalue weighted by Gasteiger charge is 2.07. The van der Waals surface area contributed by atoms with Crippen LogP contribution in [0.1, 0.15) is 13.8 Å². The van der Waals surface area contributed by atoms with Crippen LogP contribution in [0.25, 0.3) is 11.3 Å². The Morgan fingerprint density at radius 2 is 1.76 bits per heavy atom. The van der Waals surface area contributed by atoms with Crippen molar-refractivity contribution in [2.24, 2.45) is 0 Å². The largest absolute Gasteiger partial charge is 0.477 e. The molecule has 7 heteroatoms. The molecule has 1 aromatic carbocycles. The van der Waals surface area contributed by atoms with Gasteiger partial charge in [-0.3, -0.25) is 4.72 Å². The zero-order valence-electron chi connectivity index (χ0n) is 11.9. The summed E-state index contributed by atoms with van der Waals surface area (Å²) in [5.74, 6) is 0.521. The first-order valence-corrected chi connectivity index (χ1v) is 8.26. The average molecular weight is 307 g/mol. The second-order valence-corrected chi connectivity index (χ2v) is 6.28. The van der Waals surface area contributed by atoms with Crippen molar-refractivity contribution in [2.45, 2.75) is 13.8 Å². The van der Waals surface area contributed by atoms with E-state index in [-0.39, 0.29) is 5.75 Å². The Hall–Kier alpha value is -2.15. The van der Waals surface area contributed by atoms with E-state index in [9.17, 15) is 8.42 Å². The number of nitrogens with zero attached hydrogens (tertiary/aromatic N) is 2. The summed E-state index contributed by atoms with van der Waals surface area (Å²) in [5.41, 5.74) is 2.08. The molecule has 0 saturated carbocycles. The molecule has 0 aliphatic rings. The predicted octanol–water partition coefficient (Wildman–Crippen LogP) is 2.30. The highest BCUT2D eigenvalue weighted by Crippen LogP contribution is 2.20. The van der Waals surface area contributed by atoms with Gasteiger partial charge in [0.25, 0.3) is 0 Å². The topological polar surface area (TPSA) is 81.2 Å². The fourth-order valence-electron chi connectivity index (χ4n) is 1.66. The van der Waals surface area contributed by atoms with Crippen molar-refractivity contribution in [2.75, 3.05) is 17.1 Å². The van der Waals surface area contributed by atoms with E-state index in [2.05, 4.69) is 14.9 Å². The Balaban J connectivity index is 2.15. The molecule has 0 aliphatic heterocycles. The molecule has 0 fully saturated rings. The highest BCUT2D eigenvalue weighted by atomic mass is 32.2. The van der Waals surface area contributed by atoms with Crippen LogP contribution in [-0.4, -0.2) is 31.0 Å². The second kappa shape index (κ2) is 6.53. The number of anilines is 1. The number of sulfonamides is 1. The molecular weight excluding hydrogens is 290 g/mol. The summed E-state index contributed by atoms with van der Waals surface area (Å²) in [6.07, 6.45) is 0. The van der Waals surface area contributed by atoms with Gasteiger partial charge in [0.1, 0.15) is 0 Å². The minimum atomic E-state index is -3.26. The molecule has 0 saturated heterocycles. The van der Waals surface area contributed by atoms with Crippen molar-refractivity contribution in [3.63, 3.8) is 0 Å². The zero-order valence-corrected chi connectivity index (χ0v) is 12.7. The molecule has 1 aromatic heterocycles. The van der Waals surface area contributed by atoms with E-state index in [0.29, 0.717) is 23.9 Å². The van der Waals surface area contributed by atoms with Gasteiger partial charge in [0.15, 0.2) is 0 Å². The summed E-state index contributed by atoms with van der Waals surface area (Å²) < 4.78 is 30.7. The zero-order chi connectivity index (χ0) is 15.3. The first-order chi connectivity index (χ1) is 10.0. The minimum absolute atomic E-state index is 0.0408. The van der Waals surface area contributed by atoms with Crippen LogP contribution >= 0.6 is 0 Å². The molecule has 0 unspecified atom stereocenters. The molecular formula is C14H17N3O3S. The Kier molecular flexibility index (Phi) is 4.74. The van der Waals surface area contributed by atoms with E-state index in [4.69, 9.17) is 4.74 Å². The van der Waals surface area contributed by atoms with Crippen molar-refractivity contribution < 1.29 is 13.2 Å². The molecule has 112 valence electrons. The number of ether oxygens (including phenoxy) is 1. The molecule has 21 heavy (non-hydrogen) atoms. The lowest BCUT2D eigenvalue weighted by atomic mass is 10.1. The molecule has 0 bridgehead atoms. The average Bonchev–Trinajstić information content (AvgIpc) is 2.49. The third-order valence-electron chi connectivity index (χ3n) is 2.77. The third kappa shape index (κ3) is 4.16. The molecule has 0 amide bonds. The van der Waals surface area contributed by atoms with Crippen LogP contribution in [0.2, 0.25) is 0 Å². The smallest absolute Gasteiger partial charge is 0.233 e. The fourth-order valence-corrected chi connectivity index (χ4v) is 2.30. The molecule has 0 atom stereocenters.